The number of fused-ring (bicyclic) bond motifs is 8. The van der Waals surface area contributed by atoms with Gasteiger partial charge in [0.1, 0.15) is 0 Å². The zero-order chi connectivity index (χ0) is 35.6. The van der Waals surface area contributed by atoms with Crippen LogP contribution < -0.4 is 0 Å². The molecule has 0 aliphatic rings. The van der Waals surface area contributed by atoms with Crippen molar-refractivity contribution in [3.8, 4) is 56.7 Å². The van der Waals surface area contributed by atoms with Crippen LogP contribution in [0.4, 0.5) is 0 Å². The fourth-order valence-electron chi connectivity index (χ4n) is 7.58. The van der Waals surface area contributed by atoms with Crippen LogP contribution in [0.2, 0.25) is 0 Å². The third-order valence-electron chi connectivity index (χ3n) is 10.1. The normalized spacial score (nSPS) is 11.7. The van der Waals surface area contributed by atoms with Crippen molar-refractivity contribution in [3.63, 3.8) is 0 Å². The average Bonchev–Trinajstić information content (AvgIpc) is 3.86. The van der Waals surface area contributed by atoms with Gasteiger partial charge in [0.2, 0.25) is 0 Å². The molecular weight excluding hydrogens is 728 g/mol. The Morgan fingerprint density at radius 1 is 0.407 bits per heavy atom. The molecule has 0 aliphatic carbocycles. The molecule has 0 bridgehead atoms. The molecule has 0 fully saturated rings. The fraction of sp³-hybridized carbons (Fsp3) is 0. The fourth-order valence-corrected chi connectivity index (χ4v) is 10.2. The Hall–Kier alpha value is -6.72. The molecule has 6 heteroatoms. The number of oxazole rings is 1. The van der Waals surface area contributed by atoms with Crippen LogP contribution in [0.5, 0.6) is 0 Å². The SMILES string of the molecule is c1ccc(-c2nc(-c3ccccc3)nc(-c3cc4ccc(-c5cccc6c5[se]c5ccccc56)cc4c4c3ccc3oc(-c5ccccc5)nc34)n2)cc1. The van der Waals surface area contributed by atoms with Gasteiger partial charge in [-0.1, -0.05) is 66.7 Å². The Labute approximate surface area is 316 Å². The average molecular weight is 756 g/mol. The minimum Gasteiger partial charge on any atom is -0.0615 e. The largest absolute Gasteiger partial charge is 0.0615 e. The van der Waals surface area contributed by atoms with Gasteiger partial charge in [-0.25, -0.2) is 0 Å². The van der Waals surface area contributed by atoms with Gasteiger partial charge in [0.25, 0.3) is 0 Å². The molecule has 252 valence electrons. The van der Waals surface area contributed by atoms with Gasteiger partial charge in [0.15, 0.2) is 0 Å². The monoisotopic (exact) mass is 756 g/mol. The van der Waals surface area contributed by atoms with E-state index in [9.17, 15) is 0 Å². The number of benzene rings is 8. The van der Waals surface area contributed by atoms with Gasteiger partial charge in [0, 0.05) is 0 Å². The van der Waals surface area contributed by atoms with Crippen LogP contribution in [0, 0.1) is 0 Å². The van der Waals surface area contributed by atoms with E-state index in [0.29, 0.717) is 23.4 Å². The van der Waals surface area contributed by atoms with Gasteiger partial charge >= 0.3 is 251 Å². The summed E-state index contributed by atoms with van der Waals surface area (Å²) < 4.78 is 9.33. The van der Waals surface area contributed by atoms with Gasteiger partial charge in [-0.2, -0.15) is 0 Å². The number of hydrogen-bond acceptors (Lipinski definition) is 5. The number of rotatable bonds is 5. The first kappa shape index (κ1) is 30.9. The summed E-state index contributed by atoms with van der Waals surface area (Å²) in [4.78, 5) is 20.5. The Bertz CT molecular complexity index is 3150. The molecule has 54 heavy (non-hydrogen) atoms. The zero-order valence-electron chi connectivity index (χ0n) is 28.8. The molecule has 11 rings (SSSR count). The molecule has 11 aromatic rings. The maximum Gasteiger partial charge on any atom is -0.0512 e. The molecule has 0 saturated carbocycles. The van der Waals surface area contributed by atoms with Crippen molar-refractivity contribution < 1.29 is 4.42 Å². The summed E-state index contributed by atoms with van der Waals surface area (Å²) in [7, 11) is 0. The predicted octanol–water partition coefficient (Wildman–Crippen LogP) is 12.0. The molecule has 0 saturated heterocycles. The van der Waals surface area contributed by atoms with Crippen molar-refractivity contribution in [1.29, 1.82) is 0 Å². The number of aromatic nitrogens is 4. The molecule has 3 heterocycles. The zero-order valence-corrected chi connectivity index (χ0v) is 30.5. The molecule has 0 N–H and O–H groups in total. The van der Waals surface area contributed by atoms with Crippen molar-refractivity contribution in [2.24, 2.45) is 0 Å². The minimum absolute atomic E-state index is 0.221. The molecule has 0 spiro atoms. The van der Waals surface area contributed by atoms with E-state index in [-0.39, 0.29) is 14.5 Å². The van der Waals surface area contributed by atoms with Crippen molar-refractivity contribution >= 4 is 66.4 Å². The first-order valence-electron chi connectivity index (χ1n) is 17.9. The molecular formula is C48H28N4OSe. The minimum atomic E-state index is 0.221. The maximum atomic E-state index is 6.47. The summed E-state index contributed by atoms with van der Waals surface area (Å²) in [5, 5.41) is 6.88. The van der Waals surface area contributed by atoms with Crippen LogP contribution in [0.1, 0.15) is 0 Å². The van der Waals surface area contributed by atoms with Crippen LogP contribution in [0.15, 0.2) is 174 Å². The summed E-state index contributed by atoms with van der Waals surface area (Å²) in [5.74, 6) is 2.44. The second kappa shape index (κ2) is 12.5. The van der Waals surface area contributed by atoms with Crippen LogP contribution in [-0.4, -0.2) is 34.4 Å². The van der Waals surface area contributed by atoms with Crippen LogP contribution in [0.25, 0.3) is 109 Å². The van der Waals surface area contributed by atoms with E-state index < -0.39 is 0 Å². The Morgan fingerprint density at radius 2 is 1.06 bits per heavy atom. The summed E-state index contributed by atoms with van der Waals surface area (Å²) in [5.41, 5.74) is 7.70. The Morgan fingerprint density at radius 3 is 1.80 bits per heavy atom. The van der Waals surface area contributed by atoms with E-state index in [1.165, 1.54) is 30.4 Å². The van der Waals surface area contributed by atoms with Crippen LogP contribution >= 0.6 is 0 Å². The number of hydrogen-bond donors (Lipinski definition) is 0. The summed E-state index contributed by atoms with van der Waals surface area (Å²) in [6.07, 6.45) is 0. The van der Waals surface area contributed by atoms with E-state index in [1.807, 2.05) is 97.1 Å². The van der Waals surface area contributed by atoms with Crippen molar-refractivity contribution in [3.05, 3.63) is 170 Å². The maximum absolute atomic E-state index is 6.47. The first-order chi connectivity index (χ1) is 26.7. The molecule has 0 unspecified atom stereocenters. The van der Waals surface area contributed by atoms with Crippen molar-refractivity contribution in [1.82, 2.24) is 19.9 Å². The Balaban J connectivity index is 1.21. The van der Waals surface area contributed by atoms with Gasteiger partial charge in [-0.05, 0) is 0 Å². The topological polar surface area (TPSA) is 64.7 Å². The Kier molecular flexibility index (Phi) is 7.12. The second-order valence-electron chi connectivity index (χ2n) is 13.4. The van der Waals surface area contributed by atoms with Gasteiger partial charge in [-0.15, -0.1) is 0 Å². The van der Waals surface area contributed by atoms with Crippen LogP contribution in [0.3, 0.4) is 0 Å². The quantitative estimate of drug-likeness (QED) is 0.129. The summed E-state index contributed by atoms with van der Waals surface area (Å²) in [6.45, 7) is 0. The van der Waals surface area contributed by atoms with E-state index in [1.54, 1.807) is 0 Å². The standard InChI is InChI=1S/C48H28N4OSe/c1-4-13-29(14-5-1)45-50-46(30-15-6-2-7-16-30)52-47(51-45)39-28-33-24-23-32(34-20-12-21-37-35-19-10-11-22-41(35)54-44(34)37)27-38(33)42-36(39)25-26-40-43(42)49-48(53-40)31-17-8-3-9-18-31/h1-28H. The first-order valence-corrected chi connectivity index (χ1v) is 19.6. The van der Waals surface area contributed by atoms with Gasteiger partial charge in [-0.3, -0.25) is 0 Å². The van der Waals surface area contributed by atoms with E-state index in [0.717, 1.165) is 54.9 Å². The third kappa shape index (κ3) is 5.07. The third-order valence-corrected chi connectivity index (χ3v) is 12.7. The summed E-state index contributed by atoms with van der Waals surface area (Å²) >= 11 is 0.221. The number of nitrogens with zero attached hydrogens (tertiary/aromatic N) is 4. The smallest absolute Gasteiger partial charge is 0.0512 e. The predicted molar refractivity (Wildman–Crippen MR) is 222 cm³/mol. The molecule has 0 amide bonds. The second-order valence-corrected chi connectivity index (χ2v) is 15.6. The van der Waals surface area contributed by atoms with Gasteiger partial charge in [0.05, 0.1) is 0 Å². The van der Waals surface area contributed by atoms with Crippen molar-refractivity contribution in [2.45, 2.75) is 0 Å². The molecule has 8 aromatic carbocycles. The van der Waals surface area contributed by atoms with E-state index >= 15 is 0 Å². The molecule has 5 nitrogen and oxygen atoms in total. The van der Waals surface area contributed by atoms with Crippen molar-refractivity contribution in [2.75, 3.05) is 0 Å². The molecule has 0 atom stereocenters. The van der Waals surface area contributed by atoms with E-state index in [2.05, 4.69) is 72.8 Å². The molecule has 0 radical (unpaired) electrons. The van der Waals surface area contributed by atoms with Crippen LogP contribution in [-0.2, 0) is 0 Å². The molecule has 0 aliphatic heterocycles. The van der Waals surface area contributed by atoms with Gasteiger partial charge < -0.3 is 0 Å². The van der Waals surface area contributed by atoms with E-state index in [4.69, 9.17) is 24.4 Å². The summed E-state index contributed by atoms with van der Waals surface area (Å²) in [6, 6.07) is 59.0. The molecule has 3 aromatic heterocycles.